The molecule has 0 aliphatic carbocycles. The van der Waals surface area contributed by atoms with Crippen molar-refractivity contribution in [1.29, 1.82) is 0 Å². The molecule has 1 amide bonds. The fraction of sp³-hybridized carbons (Fsp3) is 0.556. The second-order valence-electron chi connectivity index (χ2n) is 10.3. The molecule has 0 bridgehead atoms. The molecular weight excluding hydrogens is 460 g/mol. The Labute approximate surface area is 210 Å². The van der Waals surface area contributed by atoms with E-state index in [-0.39, 0.29) is 5.91 Å². The highest BCUT2D eigenvalue weighted by Crippen LogP contribution is 2.39. The lowest BCUT2D eigenvalue weighted by Crippen LogP contribution is -2.42. The van der Waals surface area contributed by atoms with Gasteiger partial charge in [-0.15, -0.1) is 0 Å². The first-order valence-electron chi connectivity index (χ1n) is 13.0. The molecular formula is C27H34N4O3S. The third-order valence-electron chi connectivity index (χ3n) is 8.05. The minimum atomic E-state index is 0.167. The molecule has 2 fully saturated rings. The Bertz CT molecular complexity index is 1220. The summed E-state index contributed by atoms with van der Waals surface area (Å²) in [6, 6.07) is 6.88. The molecule has 8 heteroatoms. The number of fused-ring (bicyclic) bond motifs is 3. The maximum Gasteiger partial charge on any atom is 0.253 e. The zero-order valence-corrected chi connectivity index (χ0v) is 21.5. The normalized spacial score (nSPS) is 20.5. The van der Waals surface area contributed by atoms with Crippen LogP contribution in [0.4, 0.5) is 0 Å². The van der Waals surface area contributed by atoms with E-state index in [1.165, 1.54) is 22.2 Å². The molecule has 3 aliphatic rings. The van der Waals surface area contributed by atoms with Crippen molar-refractivity contribution in [1.82, 2.24) is 18.9 Å². The van der Waals surface area contributed by atoms with Crippen LogP contribution in [-0.2, 0) is 17.7 Å². The van der Waals surface area contributed by atoms with E-state index in [2.05, 4.69) is 33.1 Å². The molecule has 0 N–H and O–H groups in total. The summed E-state index contributed by atoms with van der Waals surface area (Å²) in [5, 5.41) is 5.19. The van der Waals surface area contributed by atoms with Gasteiger partial charge in [-0.3, -0.25) is 13.7 Å². The van der Waals surface area contributed by atoms with Crippen LogP contribution in [0.5, 0.6) is 0 Å². The van der Waals surface area contributed by atoms with Crippen molar-refractivity contribution in [2.75, 3.05) is 32.8 Å². The smallest absolute Gasteiger partial charge is 0.253 e. The summed E-state index contributed by atoms with van der Waals surface area (Å²) in [5.41, 5.74) is 4.69. The minimum Gasteiger partial charge on any atom is -0.381 e. The number of likely N-dealkylation sites (tertiary alicyclic amines) is 1. The van der Waals surface area contributed by atoms with Crippen molar-refractivity contribution in [3.8, 4) is 0 Å². The van der Waals surface area contributed by atoms with Gasteiger partial charge in [0.1, 0.15) is 5.76 Å². The van der Waals surface area contributed by atoms with Crippen molar-refractivity contribution in [2.24, 2.45) is 5.92 Å². The van der Waals surface area contributed by atoms with E-state index in [0.717, 1.165) is 87.7 Å². The third kappa shape index (κ3) is 4.41. The summed E-state index contributed by atoms with van der Waals surface area (Å²) in [5.74, 6) is 1.70. The summed E-state index contributed by atoms with van der Waals surface area (Å²) in [6.07, 6.45) is 7.17. The van der Waals surface area contributed by atoms with Gasteiger partial charge in [-0.05, 0) is 74.2 Å². The van der Waals surface area contributed by atoms with Crippen LogP contribution in [0.2, 0.25) is 0 Å². The molecule has 7 nitrogen and oxygen atoms in total. The Morgan fingerprint density at radius 3 is 2.66 bits per heavy atom. The molecule has 0 unspecified atom stereocenters. The molecule has 0 saturated carbocycles. The summed E-state index contributed by atoms with van der Waals surface area (Å²) in [7, 11) is 0. The molecule has 3 aromatic rings. The van der Waals surface area contributed by atoms with E-state index in [9.17, 15) is 4.79 Å². The number of amides is 1. The van der Waals surface area contributed by atoms with Crippen LogP contribution in [-0.4, -0.2) is 63.7 Å². The number of carbonyl (C=O) groups excluding carboxylic acids is 1. The maximum absolute atomic E-state index is 13.4. The quantitative estimate of drug-likeness (QED) is 0.514. The summed E-state index contributed by atoms with van der Waals surface area (Å²) in [6.45, 7) is 9.63. The number of carbonyl (C=O) groups is 1. The third-order valence-corrected chi connectivity index (χ3v) is 9.24. The summed E-state index contributed by atoms with van der Waals surface area (Å²) in [4.78, 5) is 19.1. The number of piperidine rings is 1. The van der Waals surface area contributed by atoms with Gasteiger partial charge in [0.15, 0.2) is 0 Å². The molecule has 1 aromatic carbocycles. The zero-order valence-electron chi connectivity index (χ0n) is 20.7. The summed E-state index contributed by atoms with van der Waals surface area (Å²) >= 11 is 1.68. The SMILES string of the molecule is Cc1oncc1Sn1c2c(c3cc(C(=O)N4CCC(C)CC4)ccc31)CN(C1CCOCC1)CC2. The molecule has 2 aromatic heterocycles. The van der Waals surface area contributed by atoms with Crippen molar-refractivity contribution >= 4 is 28.8 Å². The molecule has 0 atom stereocenters. The lowest BCUT2D eigenvalue weighted by molar-refractivity contribution is 0.0291. The average molecular weight is 495 g/mol. The highest BCUT2D eigenvalue weighted by atomic mass is 32.2. The number of hydrogen-bond donors (Lipinski definition) is 0. The molecule has 35 heavy (non-hydrogen) atoms. The second-order valence-corrected chi connectivity index (χ2v) is 11.3. The first-order chi connectivity index (χ1) is 17.1. The number of rotatable bonds is 4. The van der Waals surface area contributed by atoms with Gasteiger partial charge in [0, 0.05) is 68.5 Å². The lowest BCUT2D eigenvalue weighted by atomic mass is 9.97. The molecule has 2 saturated heterocycles. The predicted molar refractivity (Wildman–Crippen MR) is 137 cm³/mol. The Balaban J connectivity index is 1.38. The monoisotopic (exact) mass is 494 g/mol. The number of aryl methyl sites for hydroxylation is 1. The van der Waals surface area contributed by atoms with E-state index >= 15 is 0 Å². The number of nitrogens with zero attached hydrogens (tertiary/aromatic N) is 4. The Kier molecular flexibility index (Phi) is 6.37. The van der Waals surface area contributed by atoms with Gasteiger partial charge in [0.05, 0.1) is 16.6 Å². The van der Waals surface area contributed by atoms with Gasteiger partial charge in [-0.25, -0.2) is 0 Å². The van der Waals surface area contributed by atoms with Crippen LogP contribution in [0.1, 0.15) is 60.0 Å². The van der Waals surface area contributed by atoms with E-state index in [1.54, 1.807) is 18.1 Å². The Morgan fingerprint density at radius 2 is 1.91 bits per heavy atom. The highest BCUT2D eigenvalue weighted by Gasteiger charge is 2.31. The van der Waals surface area contributed by atoms with Gasteiger partial charge < -0.3 is 14.2 Å². The Morgan fingerprint density at radius 1 is 1.11 bits per heavy atom. The maximum atomic E-state index is 13.4. The van der Waals surface area contributed by atoms with E-state index < -0.39 is 0 Å². The number of hydrogen-bond acceptors (Lipinski definition) is 6. The van der Waals surface area contributed by atoms with Gasteiger partial charge >= 0.3 is 0 Å². The fourth-order valence-corrected chi connectivity index (χ4v) is 6.83. The molecule has 186 valence electrons. The second kappa shape index (κ2) is 9.64. The highest BCUT2D eigenvalue weighted by molar-refractivity contribution is 7.98. The number of ether oxygens (including phenoxy) is 1. The average Bonchev–Trinajstić information content (AvgIpc) is 3.44. The lowest BCUT2D eigenvalue weighted by Gasteiger charge is -2.37. The van der Waals surface area contributed by atoms with Crippen LogP contribution in [0.3, 0.4) is 0 Å². The van der Waals surface area contributed by atoms with Crippen LogP contribution in [0.15, 0.2) is 33.8 Å². The van der Waals surface area contributed by atoms with Gasteiger partial charge in [-0.2, -0.15) is 0 Å². The van der Waals surface area contributed by atoms with Crippen LogP contribution in [0, 0.1) is 12.8 Å². The van der Waals surface area contributed by atoms with E-state index in [4.69, 9.17) is 9.26 Å². The van der Waals surface area contributed by atoms with E-state index in [1.807, 2.05) is 17.9 Å². The zero-order chi connectivity index (χ0) is 23.9. The largest absolute Gasteiger partial charge is 0.381 e. The van der Waals surface area contributed by atoms with Crippen molar-refractivity contribution in [3.63, 3.8) is 0 Å². The molecule has 5 heterocycles. The Hall–Kier alpha value is -2.29. The topological polar surface area (TPSA) is 63.7 Å². The predicted octanol–water partition coefficient (Wildman–Crippen LogP) is 4.90. The van der Waals surface area contributed by atoms with E-state index in [0.29, 0.717) is 12.0 Å². The summed E-state index contributed by atoms with van der Waals surface area (Å²) < 4.78 is 13.3. The molecule has 0 spiro atoms. The molecule has 6 rings (SSSR count). The molecule has 0 radical (unpaired) electrons. The van der Waals surface area contributed by atoms with Crippen LogP contribution >= 0.6 is 11.9 Å². The van der Waals surface area contributed by atoms with Crippen molar-refractivity contribution in [2.45, 2.75) is 63.4 Å². The van der Waals surface area contributed by atoms with Crippen LogP contribution in [0.25, 0.3) is 10.9 Å². The first-order valence-corrected chi connectivity index (χ1v) is 13.7. The van der Waals surface area contributed by atoms with Gasteiger partial charge in [0.2, 0.25) is 0 Å². The first kappa shape index (κ1) is 23.1. The number of aromatic nitrogens is 2. The van der Waals surface area contributed by atoms with Gasteiger partial charge in [0.25, 0.3) is 5.91 Å². The standard InChI is InChI=1S/C27H34N4O3S/c1-18-5-10-29(11-6-18)27(32)20-3-4-24-22(15-20)23-17-30(21-8-13-33-14-9-21)12-7-25(23)31(24)35-26-16-28-34-19(26)2/h3-4,15-16,18,21H,5-14,17H2,1-2H3. The van der Waals surface area contributed by atoms with Crippen molar-refractivity contribution in [3.05, 3.63) is 47.0 Å². The minimum absolute atomic E-state index is 0.167. The molecule has 3 aliphatic heterocycles. The van der Waals surface area contributed by atoms with Crippen LogP contribution < -0.4 is 0 Å². The van der Waals surface area contributed by atoms with Gasteiger partial charge in [-0.1, -0.05) is 12.1 Å². The fourth-order valence-electron chi connectivity index (χ4n) is 5.81. The number of benzene rings is 1. The van der Waals surface area contributed by atoms with Crippen molar-refractivity contribution < 1.29 is 14.1 Å².